The summed E-state index contributed by atoms with van der Waals surface area (Å²) >= 11 is 3.05. The summed E-state index contributed by atoms with van der Waals surface area (Å²) in [7, 11) is 0. The normalized spacial score (nSPS) is 17.8. The van der Waals surface area contributed by atoms with Crippen molar-refractivity contribution in [2.24, 2.45) is 4.99 Å². The monoisotopic (exact) mass is 320 g/mol. The molecular weight excluding hydrogens is 307 g/mol. The molecule has 0 saturated heterocycles. The zero-order chi connectivity index (χ0) is 14.4. The van der Waals surface area contributed by atoms with Gasteiger partial charge in [-0.15, -0.1) is 11.3 Å². The summed E-state index contributed by atoms with van der Waals surface area (Å²) in [4.78, 5) is 7.82. The Morgan fingerprint density at radius 3 is 3.10 bits per heavy atom. The van der Waals surface area contributed by atoms with Crippen LogP contribution < -0.4 is 0 Å². The van der Waals surface area contributed by atoms with Crippen molar-refractivity contribution in [1.29, 1.82) is 0 Å². The summed E-state index contributed by atoms with van der Waals surface area (Å²) in [5, 5.41) is 13.2. The van der Waals surface area contributed by atoms with E-state index in [-0.39, 0.29) is 12.4 Å². The third kappa shape index (κ3) is 2.01. The fourth-order valence-corrected chi connectivity index (χ4v) is 4.84. The number of amidine groups is 1. The highest BCUT2D eigenvalue weighted by atomic mass is 32.2. The van der Waals surface area contributed by atoms with Gasteiger partial charge in [0.05, 0.1) is 16.9 Å². The molecule has 0 amide bonds. The Labute approximate surface area is 129 Å². The van der Waals surface area contributed by atoms with Gasteiger partial charge >= 0.3 is 0 Å². The number of benzene rings is 1. The highest BCUT2D eigenvalue weighted by Crippen LogP contribution is 2.45. The molecule has 3 heterocycles. The molecule has 0 aliphatic carbocycles. The number of thiophene rings is 1. The molecule has 2 aliphatic heterocycles. The molecule has 3 nitrogen and oxygen atoms in total. The topological polar surface area (TPSA) is 35.8 Å². The van der Waals surface area contributed by atoms with Gasteiger partial charge in [0.1, 0.15) is 5.82 Å². The van der Waals surface area contributed by atoms with E-state index in [4.69, 9.17) is 0 Å². The number of aliphatic hydroxyl groups excluding tert-OH is 1. The first-order valence-corrected chi connectivity index (χ1v) is 8.49. The van der Waals surface area contributed by atoms with Crippen molar-refractivity contribution >= 4 is 44.0 Å². The first-order valence-electron chi connectivity index (χ1n) is 6.79. The predicted molar refractivity (Wildman–Crippen MR) is 87.0 cm³/mol. The quantitative estimate of drug-likeness (QED) is 0.940. The summed E-state index contributed by atoms with van der Waals surface area (Å²) in [6.07, 6.45) is 0.610. The Bertz CT molecular complexity index is 781. The molecular formula is C15H13FN2OS2. The predicted octanol–water partition coefficient (Wildman–Crippen LogP) is 3.51. The Kier molecular flexibility index (Phi) is 3.24. The van der Waals surface area contributed by atoms with Gasteiger partial charge in [0.25, 0.3) is 0 Å². The number of aliphatic hydroxyl groups is 1. The van der Waals surface area contributed by atoms with Gasteiger partial charge < -0.3 is 10.0 Å². The summed E-state index contributed by atoms with van der Waals surface area (Å²) in [5.74, 6) is -0.172. The highest BCUT2D eigenvalue weighted by Gasteiger charge is 2.33. The average Bonchev–Trinajstić information content (AvgIpc) is 3.15. The number of halogens is 1. The fourth-order valence-electron chi connectivity index (χ4n) is 2.83. The summed E-state index contributed by atoms with van der Waals surface area (Å²) in [6.45, 7) is 1.77. The van der Waals surface area contributed by atoms with Crippen LogP contribution in [0.5, 0.6) is 0 Å². The second-order valence-electron chi connectivity index (χ2n) is 4.92. The van der Waals surface area contributed by atoms with Crippen LogP contribution in [0.4, 0.5) is 4.39 Å². The van der Waals surface area contributed by atoms with E-state index in [1.54, 1.807) is 11.8 Å². The molecule has 1 aromatic heterocycles. The minimum Gasteiger partial charge on any atom is -0.396 e. The molecule has 0 spiro atoms. The van der Waals surface area contributed by atoms with Crippen molar-refractivity contribution in [2.75, 3.05) is 19.7 Å². The van der Waals surface area contributed by atoms with Gasteiger partial charge in [-0.2, -0.15) is 0 Å². The molecule has 0 radical (unpaired) electrons. The number of aliphatic imine (C=N–C) groups is 1. The van der Waals surface area contributed by atoms with Crippen molar-refractivity contribution in [2.45, 2.75) is 6.42 Å². The van der Waals surface area contributed by atoms with Gasteiger partial charge in [0.15, 0.2) is 5.17 Å². The molecule has 4 rings (SSSR count). The lowest BCUT2D eigenvalue weighted by Gasteiger charge is -2.18. The highest BCUT2D eigenvalue weighted by molar-refractivity contribution is 8.17. The van der Waals surface area contributed by atoms with E-state index < -0.39 is 0 Å². The summed E-state index contributed by atoms with van der Waals surface area (Å²) in [5.41, 5.74) is 2.13. The van der Waals surface area contributed by atoms with Crippen molar-refractivity contribution in [3.63, 3.8) is 0 Å². The van der Waals surface area contributed by atoms with Crippen LogP contribution >= 0.6 is 23.1 Å². The number of fused-ring (bicyclic) bond motifs is 2. The lowest BCUT2D eigenvalue weighted by molar-refractivity contribution is 0.301. The van der Waals surface area contributed by atoms with Crippen LogP contribution in [0.3, 0.4) is 0 Å². The van der Waals surface area contributed by atoms with Crippen molar-refractivity contribution in [3.05, 3.63) is 39.9 Å². The van der Waals surface area contributed by atoms with E-state index in [0.29, 0.717) is 11.1 Å². The second kappa shape index (κ2) is 5.12. The Hall–Kier alpha value is -1.37. The van der Waals surface area contributed by atoms with Crippen LogP contribution in [0.15, 0.2) is 33.5 Å². The van der Waals surface area contributed by atoms with Crippen molar-refractivity contribution in [1.82, 2.24) is 4.90 Å². The van der Waals surface area contributed by atoms with Crippen molar-refractivity contribution in [3.8, 4) is 0 Å². The van der Waals surface area contributed by atoms with Gasteiger partial charge in [-0.1, -0.05) is 11.8 Å². The van der Waals surface area contributed by atoms with Gasteiger partial charge in [0.2, 0.25) is 0 Å². The molecule has 1 aromatic carbocycles. The Morgan fingerprint density at radius 2 is 2.24 bits per heavy atom. The minimum atomic E-state index is -0.172. The molecule has 6 heteroatoms. The van der Waals surface area contributed by atoms with E-state index in [1.807, 2.05) is 17.5 Å². The van der Waals surface area contributed by atoms with Crippen LogP contribution in [-0.2, 0) is 0 Å². The maximum Gasteiger partial charge on any atom is 0.168 e. The van der Waals surface area contributed by atoms with E-state index in [1.165, 1.54) is 17.4 Å². The number of thioether (sulfide) groups is 1. The van der Waals surface area contributed by atoms with Crippen LogP contribution in [0.2, 0.25) is 0 Å². The molecule has 0 atom stereocenters. The van der Waals surface area contributed by atoms with E-state index in [0.717, 1.165) is 39.8 Å². The van der Waals surface area contributed by atoms with Gasteiger partial charge in [-0.25, -0.2) is 4.39 Å². The molecule has 1 N–H and O–H groups in total. The smallest absolute Gasteiger partial charge is 0.168 e. The molecule has 21 heavy (non-hydrogen) atoms. The van der Waals surface area contributed by atoms with Gasteiger partial charge in [-0.3, -0.25) is 4.99 Å². The van der Waals surface area contributed by atoms with Crippen LogP contribution in [-0.4, -0.2) is 34.9 Å². The third-order valence-corrected chi connectivity index (χ3v) is 5.81. The molecule has 108 valence electrons. The zero-order valence-corrected chi connectivity index (χ0v) is 12.8. The largest absolute Gasteiger partial charge is 0.396 e. The number of rotatable bonds is 3. The van der Waals surface area contributed by atoms with Crippen LogP contribution in [0.1, 0.15) is 12.0 Å². The van der Waals surface area contributed by atoms with Crippen LogP contribution in [0, 0.1) is 5.82 Å². The maximum absolute atomic E-state index is 13.9. The molecule has 2 aliphatic rings. The van der Waals surface area contributed by atoms with E-state index in [9.17, 15) is 9.50 Å². The van der Waals surface area contributed by atoms with E-state index in [2.05, 4.69) is 9.89 Å². The summed E-state index contributed by atoms with van der Waals surface area (Å²) in [6, 6.07) is 5.35. The zero-order valence-electron chi connectivity index (χ0n) is 11.2. The first kappa shape index (κ1) is 13.3. The lowest BCUT2D eigenvalue weighted by Crippen LogP contribution is -2.20. The Morgan fingerprint density at radius 1 is 1.33 bits per heavy atom. The van der Waals surface area contributed by atoms with Crippen molar-refractivity contribution < 1.29 is 9.50 Å². The second-order valence-corrected chi connectivity index (χ2v) is 6.90. The fraction of sp³-hybridized carbons (Fsp3) is 0.267. The number of nitrogens with zero attached hydrogens (tertiary/aromatic N) is 2. The minimum absolute atomic E-state index is 0.112. The standard InChI is InChI=1S/C15H13FN2OS2/c16-11-2-1-9(10-4-8-20-14(10)11)13-12(3-7-19)21-15-17-5-6-18(13)15/h1-2,4,8,19H,3,5-7H2. The average molecular weight is 320 g/mol. The molecule has 2 aromatic rings. The number of hydrogen-bond donors (Lipinski definition) is 1. The molecule has 0 fully saturated rings. The van der Waals surface area contributed by atoms with Gasteiger partial charge in [-0.05, 0) is 23.6 Å². The molecule has 0 bridgehead atoms. The first-order chi connectivity index (χ1) is 10.3. The lowest BCUT2D eigenvalue weighted by atomic mass is 10.1. The molecule has 0 saturated carbocycles. The third-order valence-electron chi connectivity index (χ3n) is 3.71. The SMILES string of the molecule is OCCC1=C(c2ccc(F)c3sccc23)N2CCN=C2S1. The summed E-state index contributed by atoms with van der Waals surface area (Å²) < 4.78 is 14.6. The van der Waals surface area contributed by atoms with Gasteiger partial charge in [0, 0.05) is 35.4 Å². The van der Waals surface area contributed by atoms with Crippen LogP contribution in [0.25, 0.3) is 15.8 Å². The molecule has 0 unspecified atom stereocenters. The maximum atomic E-state index is 13.9. The van der Waals surface area contributed by atoms with E-state index >= 15 is 0 Å². The Balaban J connectivity index is 1.92. The number of hydrogen-bond acceptors (Lipinski definition) is 5.